The van der Waals surface area contributed by atoms with E-state index in [-0.39, 0.29) is 5.91 Å². The first-order chi connectivity index (χ1) is 13.0. The molecule has 2 heterocycles. The molecule has 2 aromatic carbocycles. The third kappa shape index (κ3) is 3.10. The number of tetrazole rings is 1. The summed E-state index contributed by atoms with van der Waals surface area (Å²) in [5, 5.41) is 17.8. The van der Waals surface area contributed by atoms with Crippen molar-refractivity contribution < 1.29 is 4.79 Å². The van der Waals surface area contributed by atoms with Crippen LogP contribution in [0.15, 0.2) is 45.3 Å². The molecule has 4 rings (SSSR count). The molecule has 4 N–H and O–H groups in total. The van der Waals surface area contributed by atoms with Gasteiger partial charge in [-0.1, -0.05) is 22.0 Å². The first-order valence-electron chi connectivity index (χ1n) is 7.84. The van der Waals surface area contributed by atoms with Crippen LogP contribution in [0.1, 0.15) is 10.5 Å². The number of rotatable bonds is 3. The van der Waals surface area contributed by atoms with Gasteiger partial charge in [-0.15, -0.1) is 10.2 Å². The maximum absolute atomic E-state index is 12.9. The lowest BCUT2D eigenvalue weighted by atomic mass is 10.1. The average Bonchev–Trinajstić information content (AvgIpc) is 3.28. The lowest BCUT2D eigenvalue weighted by molar-refractivity contribution is 0.102. The molecule has 0 atom stereocenters. The van der Waals surface area contributed by atoms with Gasteiger partial charge >= 0.3 is 0 Å². The van der Waals surface area contributed by atoms with E-state index in [9.17, 15) is 4.79 Å². The summed E-state index contributed by atoms with van der Waals surface area (Å²) in [4.78, 5) is 12.9. The number of aryl methyl sites for hydroxylation is 1. The Hall–Kier alpha value is -2.72. The number of carbonyl (C=O) groups is 1. The highest BCUT2D eigenvalue weighted by Gasteiger charge is 2.18. The van der Waals surface area contributed by atoms with Gasteiger partial charge < -0.3 is 15.6 Å². The SMILES string of the molecule is Cn1c(C(=O)Nc2ccc(Br)cc2-c2nn[nH]n2)cc2ccc(Br)c(N)c21. The van der Waals surface area contributed by atoms with Crippen molar-refractivity contribution in [2.45, 2.75) is 0 Å². The second kappa shape index (κ2) is 6.78. The molecule has 0 saturated carbocycles. The van der Waals surface area contributed by atoms with E-state index in [4.69, 9.17) is 5.73 Å². The van der Waals surface area contributed by atoms with Gasteiger partial charge in [0.1, 0.15) is 5.69 Å². The number of nitrogen functional groups attached to an aromatic ring is 1. The predicted octanol–water partition coefficient (Wildman–Crippen LogP) is 3.72. The van der Waals surface area contributed by atoms with Gasteiger partial charge in [0.15, 0.2) is 0 Å². The number of nitrogens with two attached hydrogens (primary N) is 1. The van der Waals surface area contributed by atoms with Crippen LogP contribution in [0.5, 0.6) is 0 Å². The van der Waals surface area contributed by atoms with Gasteiger partial charge in [-0.05, 0) is 51.5 Å². The predicted molar refractivity (Wildman–Crippen MR) is 110 cm³/mol. The van der Waals surface area contributed by atoms with Crippen LogP contribution in [0.25, 0.3) is 22.3 Å². The number of benzene rings is 2. The lowest BCUT2D eigenvalue weighted by Crippen LogP contribution is -2.16. The van der Waals surface area contributed by atoms with Gasteiger partial charge in [0.2, 0.25) is 5.82 Å². The molecule has 0 aliphatic rings. The molecule has 1 amide bonds. The van der Waals surface area contributed by atoms with Crippen molar-refractivity contribution in [2.75, 3.05) is 11.1 Å². The molecule has 136 valence electrons. The summed E-state index contributed by atoms with van der Waals surface area (Å²) in [7, 11) is 1.81. The molecule has 27 heavy (non-hydrogen) atoms. The molecule has 8 nitrogen and oxygen atoms in total. The number of aromatic nitrogens is 5. The normalized spacial score (nSPS) is 11.1. The van der Waals surface area contributed by atoms with Crippen LogP contribution in [0.4, 0.5) is 11.4 Å². The Balaban J connectivity index is 1.75. The molecule has 0 spiro atoms. The molecular weight excluding hydrogens is 478 g/mol. The summed E-state index contributed by atoms with van der Waals surface area (Å²) in [6.45, 7) is 0. The van der Waals surface area contributed by atoms with Gasteiger partial charge in [-0.2, -0.15) is 5.21 Å². The standard InChI is InChI=1S/C17H13Br2N7O/c1-26-13(6-8-2-4-11(19)14(20)15(8)26)17(27)21-12-5-3-9(18)7-10(12)16-22-24-25-23-16/h2-7H,20H2,1H3,(H,21,27)(H,22,23,24,25). The summed E-state index contributed by atoms with van der Waals surface area (Å²) in [6.07, 6.45) is 0. The Morgan fingerprint density at radius 2 is 2.04 bits per heavy atom. The molecular formula is C17H13Br2N7O. The summed E-state index contributed by atoms with van der Waals surface area (Å²) < 4.78 is 3.40. The minimum absolute atomic E-state index is 0.267. The van der Waals surface area contributed by atoms with Crippen molar-refractivity contribution in [1.29, 1.82) is 0 Å². The van der Waals surface area contributed by atoms with Gasteiger partial charge in [0, 0.05) is 26.9 Å². The Labute approximate surface area is 170 Å². The number of amides is 1. The highest BCUT2D eigenvalue weighted by molar-refractivity contribution is 9.10. The number of aromatic amines is 1. The van der Waals surface area contributed by atoms with Gasteiger partial charge in [0.25, 0.3) is 5.91 Å². The van der Waals surface area contributed by atoms with Gasteiger partial charge in [0.05, 0.1) is 16.9 Å². The Morgan fingerprint density at radius 3 is 2.78 bits per heavy atom. The number of halogens is 2. The molecule has 0 aliphatic carbocycles. The van der Waals surface area contributed by atoms with E-state index in [0.29, 0.717) is 28.5 Å². The van der Waals surface area contributed by atoms with Crippen LogP contribution in [0.3, 0.4) is 0 Å². The molecule has 0 radical (unpaired) electrons. The Morgan fingerprint density at radius 1 is 1.22 bits per heavy atom. The van der Waals surface area contributed by atoms with Crippen molar-refractivity contribution in [3.8, 4) is 11.4 Å². The third-order valence-electron chi connectivity index (χ3n) is 4.23. The van der Waals surface area contributed by atoms with E-state index in [2.05, 4.69) is 57.8 Å². The van der Waals surface area contributed by atoms with E-state index in [0.717, 1.165) is 19.8 Å². The zero-order valence-corrected chi connectivity index (χ0v) is 17.2. The summed E-state index contributed by atoms with van der Waals surface area (Å²) in [5.74, 6) is 0.119. The second-order valence-electron chi connectivity index (χ2n) is 5.87. The molecule has 0 fully saturated rings. The van der Waals surface area contributed by atoms with Crippen LogP contribution in [-0.2, 0) is 7.05 Å². The molecule has 2 aromatic heterocycles. The largest absolute Gasteiger partial charge is 0.396 e. The zero-order chi connectivity index (χ0) is 19.1. The number of fused-ring (bicyclic) bond motifs is 1. The Kier molecular flexibility index (Phi) is 4.44. The minimum Gasteiger partial charge on any atom is -0.396 e. The van der Waals surface area contributed by atoms with Crippen LogP contribution in [0.2, 0.25) is 0 Å². The van der Waals surface area contributed by atoms with Crippen molar-refractivity contribution >= 4 is 60.0 Å². The zero-order valence-electron chi connectivity index (χ0n) is 14.0. The number of H-pyrrole nitrogens is 1. The first-order valence-corrected chi connectivity index (χ1v) is 9.42. The van der Waals surface area contributed by atoms with Crippen molar-refractivity contribution in [1.82, 2.24) is 25.2 Å². The van der Waals surface area contributed by atoms with Gasteiger partial charge in [-0.25, -0.2) is 0 Å². The second-order valence-corrected chi connectivity index (χ2v) is 7.64. The molecule has 0 unspecified atom stereocenters. The van der Waals surface area contributed by atoms with Crippen LogP contribution >= 0.6 is 31.9 Å². The molecule has 0 saturated heterocycles. The molecule has 10 heteroatoms. The summed E-state index contributed by atoms with van der Waals surface area (Å²) in [5.41, 5.74) is 9.24. The number of nitrogens with one attached hydrogen (secondary N) is 2. The fraction of sp³-hybridized carbons (Fsp3) is 0.0588. The number of carbonyl (C=O) groups excluding carboxylic acids is 1. The Bertz CT molecular complexity index is 1170. The van der Waals surface area contributed by atoms with Crippen LogP contribution < -0.4 is 11.1 Å². The fourth-order valence-corrected chi connectivity index (χ4v) is 3.63. The van der Waals surface area contributed by atoms with Crippen molar-refractivity contribution in [3.63, 3.8) is 0 Å². The highest BCUT2D eigenvalue weighted by atomic mass is 79.9. The number of anilines is 2. The summed E-state index contributed by atoms with van der Waals surface area (Å²) in [6, 6.07) is 11.0. The van der Waals surface area contributed by atoms with E-state index in [1.807, 2.05) is 31.3 Å². The highest BCUT2D eigenvalue weighted by Crippen LogP contribution is 2.32. The van der Waals surface area contributed by atoms with Crippen molar-refractivity contribution in [3.05, 3.63) is 51.0 Å². The smallest absolute Gasteiger partial charge is 0.272 e. The first kappa shape index (κ1) is 17.7. The lowest BCUT2D eigenvalue weighted by Gasteiger charge is -2.10. The molecule has 0 aliphatic heterocycles. The average molecular weight is 491 g/mol. The molecule has 4 aromatic rings. The van der Waals surface area contributed by atoms with Crippen molar-refractivity contribution in [2.24, 2.45) is 7.05 Å². The monoisotopic (exact) mass is 489 g/mol. The maximum Gasteiger partial charge on any atom is 0.272 e. The van der Waals surface area contributed by atoms with E-state index < -0.39 is 0 Å². The molecule has 0 bridgehead atoms. The summed E-state index contributed by atoms with van der Waals surface area (Å²) >= 11 is 6.84. The fourth-order valence-electron chi connectivity index (χ4n) is 2.95. The number of hydrogen-bond donors (Lipinski definition) is 3. The van der Waals surface area contributed by atoms with Crippen LogP contribution in [0, 0.1) is 0 Å². The van der Waals surface area contributed by atoms with E-state index in [1.165, 1.54) is 0 Å². The maximum atomic E-state index is 12.9. The third-order valence-corrected chi connectivity index (χ3v) is 5.42. The number of nitrogens with zero attached hydrogens (tertiary/aromatic N) is 4. The minimum atomic E-state index is -0.267. The number of hydrogen-bond acceptors (Lipinski definition) is 5. The topological polar surface area (TPSA) is 115 Å². The van der Waals surface area contributed by atoms with E-state index >= 15 is 0 Å². The van der Waals surface area contributed by atoms with Crippen LogP contribution in [-0.4, -0.2) is 31.1 Å². The van der Waals surface area contributed by atoms with Gasteiger partial charge in [-0.3, -0.25) is 4.79 Å². The van der Waals surface area contributed by atoms with E-state index in [1.54, 1.807) is 16.7 Å². The quantitative estimate of drug-likeness (QED) is 0.378.